The van der Waals surface area contributed by atoms with Gasteiger partial charge in [-0.25, -0.2) is 9.59 Å². The van der Waals surface area contributed by atoms with E-state index in [9.17, 15) is 24.9 Å². The molecule has 33 heavy (non-hydrogen) atoms. The van der Waals surface area contributed by atoms with Crippen LogP contribution < -0.4 is 0 Å². The molecule has 0 fully saturated rings. The number of halogens is 2. The summed E-state index contributed by atoms with van der Waals surface area (Å²) >= 11 is 6.92. The molecule has 3 aromatic rings. The SMILES string of the molecule is Cc1c(Br)cc(C2(c3cc(Br)c(C)c(O)c3C)OC(=O)c3cccc(C(=O)O)c32)c(C)c1O. The predicted molar refractivity (Wildman–Crippen MR) is 129 cm³/mol. The first-order chi connectivity index (χ1) is 15.4. The Kier molecular flexibility index (Phi) is 5.57. The minimum absolute atomic E-state index is 0.0101. The van der Waals surface area contributed by atoms with Crippen molar-refractivity contribution in [3.05, 3.63) is 89.3 Å². The van der Waals surface area contributed by atoms with Crippen LogP contribution in [0.2, 0.25) is 0 Å². The minimum Gasteiger partial charge on any atom is -0.507 e. The van der Waals surface area contributed by atoms with Gasteiger partial charge in [-0.15, -0.1) is 0 Å². The van der Waals surface area contributed by atoms with Crippen LogP contribution >= 0.6 is 31.9 Å². The summed E-state index contributed by atoms with van der Waals surface area (Å²) < 4.78 is 7.20. The maximum atomic E-state index is 13.1. The first kappa shape index (κ1) is 23.3. The number of fused-ring (bicyclic) bond motifs is 1. The first-order valence-corrected chi connectivity index (χ1v) is 11.6. The molecule has 0 spiro atoms. The highest BCUT2D eigenvalue weighted by molar-refractivity contribution is 9.10. The molecule has 3 N–H and O–H groups in total. The van der Waals surface area contributed by atoms with Gasteiger partial charge in [-0.1, -0.05) is 37.9 Å². The zero-order valence-electron chi connectivity index (χ0n) is 18.2. The summed E-state index contributed by atoms with van der Waals surface area (Å²) in [5.41, 5.74) is 1.23. The van der Waals surface area contributed by atoms with E-state index in [1.165, 1.54) is 18.2 Å². The molecule has 1 heterocycles. The average Bonchev–Trinajstić information content (AvgIpc) is 3.08. The highest BCUT2D eigenvalue weighted by Crippen LogP contribution is 2.54. The fraction of sp³-hybridized carbons (Fsp3) is 0.200. The van der Waals surface area contributed by atoms with Crippen LogP contribution in [0.3, 0.4) is 0 Å². The number of ether oxygens (including phenoxy) is 1. The Balaban J connectivity index is 2.29. The molecule has 170 valence electrons. The van der Waals surface area contributed by atoms with Crippen LogP contribution in [0.1, 0.15) is 59.7 Å². The number of cyclic esters (lactones) is 1. The van der Waals surface area contributed by atoms with Crippen molar-refractivity contribution in [1.82, 2.24) is 0 Å². The summed E-state index contributed by atoms with van der Waals surface area (Å²) in [6.45, 7) is 6.83. The molecule has 6 nitrogen and oxygen atoms in total. The van der Waals surface area contributed by atoms with Crippen molar-refractivity contribution in [1.29, 1.82) is 0 Å². The summed E-state index contributed by atoms with van der Waals surface area (Å²) in [6, 6.07) is 7.85. The van der Waals surface area contributed by atoms with Gasteiger partial charge in [0, 0.05) is 36.8 Å². The first-order valence-electron chi connectivity index (χ1n) is 10.0. The second-order valence-electron chi connectivity index (χ2n) is 8.11. The fourth-order valence-electron chi connectivity index (χ4n) is 4.51. The van der Waals surface area contributed by atoms with Gasteiger partial charge in [-0.05, 0) is 63.1 Å². The molecular weight excluding hydrogens is 556 g/mol. The molecule has 0 saturated carbocycles. The molecule has 0 amide bonds. The lowest BCUT2D eigenvalue weighted by Gasteiger charge is -2.35. The maximum absolute atomic E-state index is 13.1. The van der Waals surface area contributed by atoms with E-state index in [1.54, 1.807) is 39.8 Å². The molecular formula is C25H20Br2O6. The summed E-state index contributed by atoms with van der Waals surface area (Å²) in [5, 5.41) is 31.7. The van der Waals surface area contributed by atoms with Crippen molar-refractivity contribution in [3.8, 4) is 11.5 Å². The standard InChI is InChI=1S/C25H20Br2O6/c1-10-16(8-18(26)12(3)21(10)28)25(17-9-19(27)13(4)22(29)11(17)2)20-14(23(30)31)6-5-7-15(20)24(32)33-25/h5-9,28-29H,1-4H3,(H,30,31). The van der Waals surface area contributed by atoms with Gasteiger partial charge in [-0.2, -0.15) is 0 Å². The lowest BCUT2D eigenvalue weighted by atomic mass is 9.74. The Morgan fingerprint density at radius 1 is 0.879 bits per heavy atom. The van der Waals surface area contributed by atoms with E-state index < -0.39 is 17.5 Å². The van der Waals surface area contributed by atoms with E-state index in [4.69, 9.17) is 4.74 Å². The van der Waals surface area contributed by atoms with Crippen molar-refractivity contribution in [2.45, 2.75) is 33.3 Å². The van der Waals surface area contributed by atoms with Gasteiger partial charge < -0.3 is 20.1 Å². The van der Waals surface area contributed by atoms with Crippen molar-refractivity contribution < 1.29 is 29.6 Å². The van der Waals surface area contributed by atoms with Crippen LogP contribution in [-0.2, 0) is 10.3 Å². The second kappa shape index (κ2) is 7.88. The van der Waals surface area contributed by atoms with Gasteiger partial charge in [0.2, 0.25) is 0 Å². The Morgan fingerprint density at radius 2 is 1.36 bits per heavy atom. The van der Waals surface area contributed by atoms with Crippen LogP contribution in [0, 0.1) is 27.7 Å². The fourth-order valence-corrected chi connectivity index (χ4v) is 5.34. The number of phenols is 2. The summed E-state index contributed by atoms with van der Waals surface area (Å²) in [7, 11) is 0. The third-order valence-corrected chi connectivity index (χ3v) is 8.01. The van der Waals surface area contributed by atoms with E-state index >= 15 is 0 Å². The molecule has 4 rings (SSSR count). The number of rotatable bonds is 3. The predicted octanol–water partition coefficient (Wildman–Crippen LogP) is 6.02. The quantitative estimate of drug-likeness (QED) is 0.330. The number of carboxylic acid groups (broad SMARTS) is 1. The Labute approximate surface area is 207 Å². The van der Waals surface area contributed by atoms with Gasteiger partial charge >= 0.3 is 11.9 Å². The third kappa shape index (κ3) is 3.19. The Hall–Kier alpha value is -2.84. The monoisotopic (exact) mass is 574 g/mol. The molecule has 0 aromatic heterocycles. The van der Waals surface area contributed by atoms with Gasteiger partial charge in [0.1, 0.15) is 11.5 Å². The number of hydrogen-bond acceptors (Lipinski definition) is 5. The highest BCUT2D eigenvalue weighted by Gasteiger charge is 2.53. The maximum Gasteiger partial charge on any atom is 0.340 e. The van der Waals surface area contributed by atoms with Crippen molar-refractivity contribution in [2.24, 2.45) is 0 Å². The molecule has 0 bridgehead atoms. The van der Waals surface area contributed by atoms with Gasteiger partial charge in [0.15, 0.2) is 5.60 Å². The van der Waals surface area contributed by atoms with Gasteiger partial charge in [0.05, 0.1) is 11.1 Å². The van der Waals surface area contributed by atoms with E-state index in [0.717, 1.165) is 0 Å². The van der Waals surface area contributed by atoms with E-state index in [0.29, 0.717) is 42.3 Å². The summed E-state index contributed by atoms with van der Waals surface area (Å²) in [6.07, 6.45) is 0. The molecule has 0 unspecified atom stereocenters. The Bertz CT molecular complexity index is 1310. The van der Waals surface area contributed by atoms with Crippen molar-refractivity contribution >= 4 is 43.8 Å². The van der Waals surface area contributed by atoms with Gasteiger partial charge in [-0.3, -0.25) is 0 Å². The van der Waals surface area contributed by atoms with Crippen molar-refractivity contribution in [3.63, 3.8) is 0 Å². The van der Waals surface area contributed by atoms with Crippen molar-refractivity contribution in [2.75, 3.05) is 0 Å². The normalized spacial score (nSPS) is 14.2. The van der Waals surface area contributed by atoms with Crippen LogP contribution in [0.4, 0.5) is 0 Å². The number of carbonyl (C=O) groups is 2. The third-order valence-electron chi connectivity index (χ3n) is 6.36. The zero-order chi connectivity index (χ0) is 24.4. The number of aromatic hydroxyl groups is 2. The summed E-state index contributed by atoms with van der Waals surface area (Å²) in [4.78, 5) is 25.4. The van der Waals surface area contributed by atoms with E-state index in [2.05, 4.69) is 31.9 Å². The number of aromatic carboxylic acids is 1. The topological polar surface area (TPSA) is 104 Å². The molecule has 0 aliphatic carbocycles. The number of hydrogen-bond donors (Lipinski definition) is 3. The molecule has 8 heteroatoms. The number of benzene rings is 3. The number of phenolic OH excluding ortho intramolecular Hbond substituents is 2. The minimum atomic E-state index is -1.73. The largest absolute Gasteiger partial charge is 0.507 e. The highest BCUT2D eigenvalue weighted by atomic mass is 79.9. The van der Waals surface area contributed by atoms with Crippen LogP contribution in [-0.4, -0.2) is 27.3 Å². The molecule has 3 aromatic carbocycles. The lowest BCUT2D eigenvalue weighted by molar-refractivity contribution is 0.0240. The van der Waals surface area contributed by atoms with E-state index in [-0.39, 0.29) is 28.2 Å². The molecule has 1 aliphatic rings. The Morgan fingerprint density at radius 3 is 1.82 bits per heavy atom. The van der Waals surface area contributed by atoms with E-state index in [1.807, 2.05) is 0 Å². The average molecular weight is 576 g/mol. The van der Waals surface area contributed by atoms with Crippen LogP contribution in [0.25, 0.3) is 0 Å². The second-order valence-corrected chi connectivity index (χ2v) is 9.82. The molecule has 0 saturated heterocycles. The molecule has 0 radical (unpaired) electrons. The zero-order valence-corrected chi connectivity index (χ0v) is 21.4. The number of carbonyl (C=O) groups excluding carboxylic acids is 1. The smallest absolute Gasteiger partial charge is 0.340 e. The van der Waals surface area contributed by atoms with Gasteiger partial charge in [0.25, 0.3) is 0 Å². The number of esters is 1. The molecule has 1 aliphatic heterocycles. The summed E-state index contributed by atoms with van der Waals surface area (Å²) in [5.74, 6) is -1.94. The van der Waals surface area contributed by atoms with Crippen LogP contribution in [0.5, 0.6) is 11.5 Å². The van der Waals surface area contributed by atoms with Crippen LogP contribution in [0.15, 0.2) is 39.3 Å². The molecule has 0 atom stereocenters. The number of carboxylic acids is 1. The lowest BCUT2D eigenvalue weighted by Crippen LogP contribution is -2.33.